The van der Waals surface area contributed by atoms with Crippen molar-refractivity contribution < 1.29 is 23.9 Å². The van der Waals surface area contributed by atoms with E-state index in [9.17, 15) is 19.2 Å². The van der Waals surface area contributed by atoms with Crippen molar-refractivity contribution in [3.05, 3.63) is 90.0 Å². The molecule has 8 heteroatoms. The van der Waals surface area contributed by atoms with Gasteiger partial charge in [-0.15, -0.1) is 0 Å². The zero-order valence-corrected chi connectivity index (χ0v) is 20.1. The highest BCUT2D eigenvalue weighted by Crippen LogP contribution is 2.30. The van der Waals surface area contributed by atoms with Gasteiger partial charge in [0.1, 0.15) is 5.75 Å². The van der Waals surface area contributed by atoms with E-state index in [0.717, 1.165) is 5.56 Å². The van der Waals surface area contributed by atoms with Gasteiger partial charge in [0.25, 0.3) is 5.91 Å². The fraction of sp³-hybridized carbons (Fsp3) is 0.214. The summed E-state index contributed by atoms with van der Waals surface area (Å²) in [4.78, 5) is 51.5. The van der Waals surface area contributed by atoms with Gasteiger partial charge in [0.15, 0.2) is 0 Å². The highest BCUT2D eigenvalue weighted by molar-refractivity contribution is 6.08. The molecule has 0 bridgehead atoms. The molecule has 0 saturated carbocycles. The number of nitrogens with one attached hydrogen (secondary N) is 2. The van der Waals surface area contributed by atoms with Crippen molar-refractivity contribution in [3.63, 3.8) is 0 Å². The molecule has 0 radical (unpaired) electrons. The predicted molar refractivity (Wildman–Crippen MR) is 135 cm³/mol. The molecule has 1 aliphatic heterocycles. The van der Waals surface area contributed by atoms with Gasteiger partial charge in [-0.05, 0) is 42.8 Å². The fourth-order valence-corrected chi connectivity index (χ4v) is 4.19. The Bertz CT molecular complexity index is 1290. The number of para-hydroxylation sites is 2. The van der Waals surface area contributed by atoms with Gasteiger partial charge in [-0.1, -0.05) is 48.5 Å². The van der Waals surface area contributed by atoms with Crippen LogP contribution < -0.4 is 15.4 Å². The van der Waals surface area contributed by atoms with E-state index in [1.807, 2.05) is 37.3 Å². The first-order chi connectivity index (χ1) is 17.3. The lowest BCUT2D eigenvalue weighted by molar-refractivity contribution is -0.132. The third-order valence-electron chi connectivity index (χ3n) is 6.07. The van der Waals surface area contributed by atoms with Crippen LogP contribution >= 0.6 is 0 Å². The Kier molecular flexibility index (Phi) is 7.44. The van der Waals surface area contributed by atoms with Crippen LogP contribution in [-0.2, 0) is 14.4 Å². The molecular weight excluding hydrogens is 458 g/mol. The van der Waals surface area contributed by atoms with E-state index in [1.165, 1.54) is 13.0 Å². The number of amides is 3. The first kappa shape index (κ1) is 24.7. The van der Waals surface area contributed by atoms with Crippen LogP contribution in [0.1, 0.15) is 42.2 Å². The van der Waals surface area contributed by atoms with Gasteiger partial charge in [0, 0.05) is 25.5 Å². The van der Waals surface area contributed by atoms with Crippen molar-refractivity contribution in [3.8, 4) is 5.75 Å². The lowest BCUT2D eigenvalue weighted by Gasteiger charge is -2.25. The molecule has 8 nitrogen and oxygen atoms in total. The topological polar surface area (TPSA) is 105 Å². The summed E-state index contributed by atoms with van der Waals surface area (Å²) in [5, 5.41) is 5.65. The second kappa shape index (κ2) is 10.9. The Balaban J connectivity index is 1.43. The van der Waals surface area contributed by atoms with E-state index >= 15 is 0 Å². The van der Waals surface area contributed by atoms with Crippen molar-refractivity contribution in [2.45, 2.75) is 26.3 Å². The monoisotopic (exact) mass is 485 g/mol. The molecule has 2 unspecified atom stereocenters. The molecule has 3 aromatic carbocycles. The average molecular weight is 486 g/mol. The molecule has 1 heterocycles. The fourth-order valence-electron chi connectivity index (χ4n) is 4.19. The summed E-state index contributed by atoms with van der Waals surface area (Å²) in [5.41, 5.74) is 2.14. The number of benzene rings is 3. The van der Waals surface area contributed by atoms with Crippen molar-refractivity contribution in [2.75, 3.05) is 17.2 Å². The highest BCUT2D eigenvalue weighted by Gasteiger charge is 2.37. The SMILES string of the molecule is CC(=O)Oc1cccc(C(=O)Nc2ccccc2NC(=O)C2CC(=O)N(C(C)c3ccccc3)C2)c1. The minimum absolute atomic E-state index is 0.0687. The van der Waals surface area contributed by atoms with Gasteiger partial charge >= 0.3 is 5.97 Å². The summed E-state index contributed by atoms with van der Waals surface area (Å²) in [7, 11) is 0. The Morgan fingerprint density at radius 2 is 1.58 bits per heavy atom. The molecule has 0 aliphatic carbocycles. The van der Waals surface area contributed by atoms with Crippen LogP contribution in [0.5, 0.6) is 5.75 Å². The Morgan fingerprint density at radius 3 is 2.28 bits per heavy atom. The third kappa shape index (κ3) is 5.78. The van der Waals surface area contributed by atoms with Crippen molar-refractivity contribution in [1.29, 1.82) is 0 Å². The van der Waals surface area contributed by atoms with Crippen LogP contribution in [0.3, 0.4) is 0 Å². The first-order valence-electron chi connectivity index (χ1n) is 11.7. The van der Waals surface area contributed by atoms with Gasteiger partial charge in [0.2, 0.25) is 11.8 Å². The minimum Gasteiger partial charge on any atom is -0.427 e. The number of carbonyl (C=O) groups excluding carboxylic acids is 4. The smallest absolute Gasteiger partial charge is 0.308 e. The van der Waals surface area contributed by atoms with Crippen molar-refractivity contribution >= 4 is 35.1 Å². The van der Waals surface area contributed by atoms with E-state index in [1.54, 1.807) is 47.4 Å². The van der Waals surface area contributed by atoms with Crippen LogP contribution in [0.2, 0.25) is 0 Å². The van der Waals surface area contributed by atoms with Crippen molar-refractivity contribution in [1.82, 2.24) is 4.90 Å². The number of ether oxygens (including phenoxy) is 1. The molecule has 1 fully saturated rings. The number of esters is 1. The van der Waals surface area contributed by atoms with Crippen LogP contribution in [0, 0.1) is 5.92 Å². The molecule has 4 rings (SSSR count). The molecule has 0 spiro atoms. The Hall–Kier alpha value is -4.46. The molecule has 184 valence electrons. The van der Waals surface area contributed by atoms with E-state index in [2.05, 4.69) is 10.6 Å². The summed E-state index contributed by atoms with van der Waals surface area (Å²) < 4.78 is 5.04. The first-order valence-corrected chi connectivity index (χ1v) is 11.7. The molecule has 36 heavy (non-hydrogen) atoms. The largest absolute Gasteiger partial charge is 0.427 e. The van der Waals surface area contributed by atoms with Crippen molar-refractivity contribution in [2.24, 2.45) is 5.92 Å². The molecule has 3 aromatic rings. The quantitative estimate of drug-likeness (QED) is 0.381. The molecule has 2 N–H and O–H groups in total. The maximum atomic E-state index is 13.1. The molecular formula is C28H27N3O5. The summed E-state index contributed by atoms with van der Waals surface area (Å²) in [6.45, 7) is 3.55. The molecule has 1 aliphatic rings. The van der Waals surface area contributed by atoms with E-state index in [4.69, 9.17) is 4.74 Å². The number of nitrogens with zero attached hydrogens (tertiary/aromatic N) is 1. The van der Waals surface area contributed by atoms with E-state index < -0.39 is 17.8 Å². The average Bonchev–Trinajstić information content (AvgIpc) is 3.26. The second-order valence-corrected chi connectivity index (χ2v) is 8.64. The number of hydrogen-bond acceptors (Lipinski definition) is 5. The number of rotatable bonds is 7. The number of likely N-dealkylation sites (tertiary alicyclic amines) is 1. The lowest BCUT2D eigenvalue weighted by Crippen LogP contribution is -2.30. The summed E-state index contributed by atoms with van der Waals surface area (Å²) >= 11 is 0. The van der Waals surface area contributed by atoms with E-state index in [-0.39, 0.29) is 30.0 Å². The second-order valence-electron chi connectivity index (χ2n) is 8.64. The summed E-state index contributed by atoms with van der Waals surface area (Å²) in [5.74, 6) is -1.51. The number of hydrogen-bond donors (Lipinski definition) is 2. The maximum absolute atomic E-state index is 13.1. The van der Waals surface area contributed by atoms with Crippen LogP contribution in [-0.4, -0.2) is 35.1 Å². The lowest BCUT2D eigenvalue weighted by atomic mass is 10.1. The Labute approximate surface area is 209 Å². The van der Waals surface area contributed by atoms with Crippen LogP contribution in [0.15, 0.2) is 78.9 Å². The predicted octanol–water partition coefficient (Wildman–Crippen LogP) is 4.41. The van der Waals surface area contributed by atoms with Gasteiger partial charge in [-0.25, -0.2) is 0 Å². The zero-order valence-electron chi connectivity index (χ0n) is 20.1. The van der Waals surface area contributed by atoms with Crippen LogP contribution in [0.4, 0.5) is 11.4 Å². The molecule has 1 saturated heterocycles. The van der Waals surface area contributed by atoms with Gasteiger partial charge in [-0.2, -0.15) is 0 Å². The third-order valence-corrected chi connectivity index (χ3v) is 6.07. The Morgan fingerprint density at radius 1 is 0.917 bits per heavy atom. The van der Waals surface area contributed by atoms with Gasteiger partial charge in [0.05, 0.1) is 23.3 Å². The molecule has 3 amide bonds. The van der Waals surface area contributed by atoms with Gasteiger partial charge in [-0.3, -0.25) is 19.2 Å². The number of anilines is 2. The zero-order chi connectivity index (χ0) is 25.7. The normalized spacial score (nSPS) is 15.8. The minimum atomic E-state index is -0.507. The summed E-state index contributed by atoms with van der Waals surface area (Å²) in [6, 6.07) is 22.7. The standard InChI is InChI=1S/C28H27N3O5/c1-18(20-9-4-3-5-10-20)31-17-22(16-26(31)33)28(35)30-25-14-7-6-13-24(25)29-27(34)21-11-8-12-23(15-21)36-19(2)32/h3-15,18,22H,16-17H2,1-2H3,(H,29,34)(H,30,35). The van der Waals surface area contributed by atoms with Gasteiger partial charge < -0.3 is 20.3 Å². The van der Waals surface area contributed by atoms with Crippen LogP contribution in [0.25, 0.3) is 0 Å². The number of carbonyl (C=O) groups is 4. The maximum Gasteiger partial charge on any atom is 0.308 e. The molecule has 0 aromatic heterocycles. The van der Waals surface area contributed by atoms with E-state index in [0.29, 0.717) is 23.5 Å². The summed E-state index contributed by atoms with van der Waals surface area (Å²) in [6.07, 6.45) is 0.125. The highest BCUT2D eigenvalue weighted by atomic mass is 16.5. The molecule has 2 atom stereocenters.